The minimum atomic E-state index is 0.202. The van der Waals surface area contributed by atoms with Crippen LogP contribution in [0.1, 0.15) is 23.1 Å². The van der Waals surface area contributed by atoms with Gasteiger partial charge >= 0.3 is 0 Å². The van der Waals surface area contributed by atoms with Crippen molar-refractivity contribution in [1.29, 1.82) is 0 Å². The highest BCUT2D eigenvalue weighted by Gasteiger charge is 2.08. The van der Waals surface area contributed by atoms with Gasteiger partial charge in [-0.05, 0) is 43.6 Å². The predicted molar refractivity (Wildman–Crippen MR) is 108 cm³/mol. The number of fused-ring (bicyclic) bond motifs is 1. The Balaban J connectivity index is 1.65. The molecule has 3 N–H and O–H groups in total. The highest BCUT2D eigenvalue weighted by molar-refractivity contribution is 5.84. The lowest BCUT2D eigenvalue weighted by Gasteiger charge is -2.06. The SMILES string of the molecule is Cc1cccc(Cn2cc(CNCCCNCCO)c3ccccc32)c1. The highest BCUT2D eigenvalue weighted by Crippen LogP contribution is 2.22. The van der Waals surface area contributed by atoms with Crippen molar-refractivity contribution >= 4 is 10.9 Å². The van der Waals surface area contributed by atoms with Gasteiger partial charge in [0.05, 0.1) is 6.61 Å². The second kappa shape index (κ2) is 9.53. The lowest BCUT2D eigenvalue weighted by Crippen LogP contribution is -2.23. The monoisotopic (exact) mass is 351 g/mol. The first kappa shape index (κ1) is 18.6. The molecule has 0 saturated carbocycles. The van der Waals surface area contributed by atoms with Crippen molar-refractivity contribution in [2.24, 2.45) is 0 Å². The number of hydrogen-bond acceptors (Lipinski definition) is 3. The van der Waals surface area contributed by atoms with Gasteiger partial charge in [0.15, 0.2) is 0 Å². The topological polar surface area (TPSA) is 49.2 Å². The Morgan fingerprint density at radius 1 is 0.962 bits per heavy atom. The molecule has 3 aromatic rings. The summed E-state index contributed by atoms with van der Waals surface area (Å²) in [6.45, 7) is 6.69. The summed E-state index contributed by atoms with van der Waals surface area (Å²) in [5, 5.41) is 16.8. The van der Waals surface area contributed by atoms with Gasteiger partial charge < -0.3 is 20.3 Å². The lowest BCUT2D eigenvalue weighted by molar-refractivity contribution is 0.292. The number of para-hydroxylation sites is 1. The quantitative estimate of drug-likeness (QED) is 0.492. The van der Waals surface area contributed by atoms with Crippen LogP contribution in [0.15, 0.2) is 54.7 Å². The zero-order valence-electron chi connectivity index (χ0n) is 15.5. The number of aromatic nitrogens is 1. The van der Waals surface area contributed by atoms with Gasteiger partial charge in [-0.2, -0.15) is 0 Å². The second-order valence-electron chi connectivity index (χ2n) is 6.79. The second-order valence-corrected chi connectivity index (χ2v) is 6.79. The van der Waals surface area contributed by atoms with E-state index in [9.17, 15) is 0 Å². The molecule has 0 atom stereocenters. The molecule has 1 aromatic heterocycles. The number of aliphatic hydroxyl groups is 1. The van der Waals surface area contributed by atoms with Gasteiger partial charge in [-0.3, -0.25) is 0 Å². The van der Waals surface area contributed by atoms with Crippen molar-refractivity contribution < 1.29 is 5.11 Å². The third-order valence-corrected chi connectivity index (χ3v) is 4.62. The van der Waals surface area contributed by atoms with E-state index in [0.29, 0.717) is 6.54 Å². The molecule has 0 saturated heterocycles. The van der Waals surface area contributed by atoms with Crippen LogP contribution in [0.25, 0.3) is 10.9 Å². The summed E-state index contributed by atoms with van der Waals surface area (Å²) < 4.78 is 2.35. The van der Waals surface area contributed by atoms with Gasteiger partial charge in [0.2, 0.25) is 0 Å². The fourth-order valence-corrected chi connectivity index (χ4v) is 3.37. The lowest BCUT2D eigenvalue weighted by atomic mass is 10.1. The number of hydrogen-bond donors (Lipinski definition) is 3. The molecule has 1 heterocycles. The minimum Gasteiger partial charge on any atom is -0.395 e. The third kappa shape index (κ3) is 4.94. The zero-order chi connectivity index (χ0) is 18.2. The van der Waals surface area contributed by atoms with Crippen molar-refractivity contribution in [3.63, 3.8) is 0 Å². The molecule has 4 heteroatoms. The van der Waals surface area contributed by atoms with Gasteiger partial charge in [-0.25, -0.2) is 0 Å². The summed E-state index contributed by atoms with van der Waals surface area (Å²) in [4.78, 5) is 0. The Morgan fingerprint density at radius 2 is 1.81 bits per heavy atom. The van der Waals surface area contributed by atoms with Crippen molar-refractivity contribution in [2.45, 2.75) is 26.4 Å². The first-order valence-electron chi connectivity index (χ1n) is 9.42. The van der Waals surface area contributed by atoms with E-state index in [2.05, 4.69) is 76.9 Å². The van der Waals surface area contributed by atoms with Crippen LogP contribution in [0, 0.1) is 6.92 Å². The number of nitrogens with zero attached hydrogens (tertiary/aromatic N) is 1. The molecule has 0 aliphatic heterocycles. The molecule has 3 rings (SSSR count). The van der Waals surface area contributed by atoms with Gasteiger partial charge in [-0.15, -0.1) is 0 Å². The summed E-state index contributed by atoms with van der Waals surface area (Å²) in [6.07, 6.45) is 3.34. The van der Waals surface area contributed by atoms with Crippen LogP contribution in [0.4, 0.5) is 0 Å². The summed E-state index contributed by atoms with van der Waals surface area (Å²) in [6, 6.07) is 17.4. The molecular formula is C22H29N3O. The van der Waals surface area contributed by atoms with Crippen LogP contribution in [-0.2, 0) is 13.1 Å². The summed E-state index contributed by atoms with van der Waals surface area (Å²) >= 11 is 0. The van der Waals surface area contributed by atoms with Crippen molar-refractivity contribution in [2.75, 3.05) is 26.2 Å². The zero-order valence-corrected chi connectivity index (χ0v) is 15.5. The number of benzene rings is 2. The molecule has 0 aliphatic rings. The number of nitrogens with one attached hydrogen (secondary N) is 2. The molecule has 0 bridgehead atoms. The fraction of sp³-hybridized carbons (Fsp3) is 0.364. The van der Waals surface area contributed by atoms with Crippen LogP contribution < -0.4 is 10.6 Å². The molecule has 2 aromatic carbocycles. The minimum absolute atomic E-state index is 0.202. The number of rotatable bonds is 10. The largest absolute Gasteiger partial charge is 0.395 e. The molecule has 0 fully saturated rings. The Morgan fingerprint density at radius 3 is 2.65 bits per heavy atom. The standard InChI is InChI=1S/C22H29N3O/c1-18-6-4-7-19(14-18)16-25-17-20(21-8-2-3-9-22(21)25)15-24-11-5-10-23-12-13-26/h2-4,6-9,14,17,23-24,26H,5,10-13,15-16H2,1H3. The number of aliphatic hydroxyl groups excluding tert-OH is 1. The van der Waals surface area contributed by atoms with Crippen LogP contribution in [0.3, 0.4) is 0 Å². The van der Waals surface area contributed by atoms with E-state index in [1.54, 1.807) is 0 Å². The van der Waals surface area contributed by atoms with Crippen LogP contribution >= 0.6 is 0 Å². The average Bonchev–Trinajstić information content (AvgIpc) is 2.99. The van der Waals surface area contributed by atoms with E-state index in [4.69, 9.17) is 5.11 Å². The predicted octanol–water partition coefficient (Wildman–Crippen LogP) is 3.06. The maximum Gasteiger partial charge on any atom is 0.0555 e. The van der Waals surface area contributed by atoms with Crippen LogP contribution in [0.2, 0.25) is 0 Å². The normalized spacial score (nSPS) is 11.3. The first-order chi connectivity index (χ1) is 12.8. The Hall–Kier alpha value is -2.14. The average molecular weight is 351 g/mol. The molecule has 0 unspecified atom stereocenters. The molecule has 0 radical (unpaired) electrons. The summed E-state index contributed by atoms with van der Waals surface area (Å²) in [7, 11) is 0. The van der Waals surface area contributed by atoms with Gasteiger partial charge in [0.25, 0.3) is 0 Å². The molecule has 0 amide bonds. The molecule has 0 aliphatic carbocycles. The first-order valence-corrected chi connectivity index (χ1v) is 9.42. The fourth-order valence-electron chi connectivity index (χ4n) is 3.37. The molecule has 138 valence electrons. The van der Waals surface area contributed by atoms with E-state index in [1.165, 1.54) is 27.6 Å². The maximum absolute atomic E-state index is 8.76. The van der Waals surface area contributed by atoms with Crippen molar-refractivity contribution in [3.8, 4) is 0 Å². The van der Waals surface area contributed by atoms with E-state index in [0.717, 1.165) is 32.6 Å². The molecule has 26 heavy (non-hydrogen) atoms. The molecule has 4 nitrogen and oxygen atoms in total. The van der Waals surface area contributed by atoms with Gasteiger partial charge in [0.1, 0.15) is 0 Å². The Kier molecular flexibility index (Phi) is 6.83. The maximum atomic E-state index is 8.76. The van der Waals surface area contributed by atoms with E-state index >= 15 is 0 Å². The van der Waals surface area contributed by atoms with E-state index in [1.807, 2.05) is 0 Å². The highest BCUT2D eigenvalue weighted by atomic mass is 16.3. The third-order valence-electron chi connectivity index (χ3n) is 4.62. The van der Waals surface area contributed by atoms with E-state index in [-0.39, 0.29) is 6.61 Å². The summed E-state index contributed by atoms with van der Waals surface area (Å²) in [5.74, 6) is 0. The van der Waals surface area contributed by atoms with Crippen molar-refractivity contribution in [1.82, 2.24) is 15.2 Å². The number of aryl methyl sites for hydroxylation is 1. The van der Waals surface area contributed by atoms with E-state index < -0.39 is 0 Å². The van der Waals surface area contributed by atoms with Crippen molar-refractivity contribution in [3.05, 3.63) is 71.4 Å². The van der Waals surface area contributed by atoms with Gasteiger partial charge in [0, 0.05) is 36.7 Å². The molecule has 0 spiro atoms. The Bertz CT molecular complexity index is 825. The van der Waals surface area contributed by atoms with Crippen LogP contribution in [0.5, 0.6) is 0 Å². The molecular weight excluding hydrogens is 322 g/mol. The van der Waals surface area contributed by atoms with Gasteiger partial charge in [-0.1, -0.05) is 48.0 Å². The van der Waals surface area contributed by atoms with Crippen LogP contribution in [-0.4, -0.2) is 35.9 Å². The Labute approximate surface area is 155 Å². The summed E-state index contributed by atoms with van der Waals surface area (Å²) in [5.41, 5.74) is 5.27. The smallest absolute Gasteiger partial charge is 0.0555 e.